The van der Waals surface area contributed by atoms with E-state index in [-0.39, 0.29) is 17.9 Å². The minimum Gasteiger partial charge on any atom is -0.481 e. The van der Waals surface area contributed by atoms with Gasteiger partial charge in [0.15, 0.2) is 0 Å². The topological polar surface area (TPSA) is 84.4 Å². The molecule has 0 saturated heterocycles. The van der Waals surface area contributed by atoms with Crippen LogP contribution >= 0.6 is 0 Å². The van der Waals surface area contributed by atoms with Gasteiger partial charge in [0.25, 0.3) is 0 Å². The number of carbonyl (C=O) groups is 2. The number of aromatic nitrogens is 2. The van der Waals surface area contributed by atoms with E-state index in [1.54, 1.807) is 18.1 Å². The molecule has 188 valence electrons. The lowest BCUT2D eigenvalue weighted by molar-refractivity contribution is -0.141. The molecule has 1 atom stereocenters. The molecule has 2 aromatic carbocycles. The highest BCUT2D eigenvalue weighted by Gasteiger charge is 2.32. The number of nitrogens with zero attached hydrogens (tertiary/aromatic N) is 3. The molecule has 0 bridgehead atoms. The largest absolute Gasteiger partial charge is 0.481 e. The molecule has 1 heterocycles. The zero-order chi connectivity index (χ0) is 25.3. The van der Waals surface area contributed by atoms with E-state index in [2.05, 4.69) is 15.3 Å². The first-order valence-electron chi connectivity index (χ1n) is 12.7. The molecule has 1 fully saturated rings. The van der Waals surface area contributed by atoms with Gasteiger partial charge in [-0.25, -0.2) is 9.97 Å². The number of rotatable bonds is 9. The number of benzene rings is 2. The van der Waals surface area contributed by atoms with Crippen LogP contribution in [0.5, 0.6) is 5.88 Å². The van der Waals surface area contributed by atoms with Gasteiger partial charge >= 0.3 is 0 Å². The minimum atomic E-state index is -0.689. The Labute approximate surface area is 212 Å². The minimum absolute atomic E-state index is 0.0627. The second-order valence-corrected chi connectivity index (χ2v) is 9.17. The summed E-state index contributed by atoms with van der Waals surface area (Å²) >= 11 is 0. The van der Waals surface area contributed by atoms with Crippen LogP contribution in [0.4, 0.5) is 0 Å². The molecule has 0 spiro atoms. The predicted molar refractivity (Wildman–Crippen MR) is 139 cm³/mol. The Morgan fingerprint density at radius 1 is 1.03 bits per heavy atom. The Bertz CT molecular complexity index is 1140. The highest BCUT2D eigenvalue weighted by molar-refractivity contribution is 5.89. The van der Waals surface area contributed by atoms with Crippen LogP contribution in [-0.4, -0.2) is 39.8 Å². The Morgan fingerprint density at radius 3 is 2.42 bits per heavy atom. The molecule has 1 aliphatic rings. The van der Waals surface area contributed by atoms with Crippen LogP contribution in [0, 0.1) is 0 Å². The van der Waals surface area contributed by atoms with Gasteiger partial charge < -0.3 is 15.0 Å². The first-order valence-corrected chi connectivity index (χ1v) is 12.7. The fourth-order valence-corrected chi connectivity index (χ4v) is 4.75. The van der Waals surface area contributed by atoms with E-state index in [4.69, 9.17) is 4.74 Å². The average Bonchev–Trinajstić information content (AvgIpc) is 2.94. The number of hydrogen-bond donors (Lipinski definition) is 1. The van der Waals surface area contributed by atoms with Crippen molar-refractivity contribution in [2.75, 3.05) is 7.11 Å². The van der Waals surface area contributed by atoms with Crippen LogP contribution in [0.2, 0.25) is 0 Å². The smallest absolute Gasteiger partial charge is 0.247 e. The summed E-state index contributed by atoms with van der Waals surface area (Å²) < 4.78 is 5.20. The van der Waals surface area contributed by atoms with Crippen molar-refractivity contribution in [3.05, 3.63) is 78.1 Å². The highest BCUT2D eigenvalue weighted by atomic mass is 16.5. The van der Waals surface area contributed by atoms with Crippen molar-refractivity contribution in [1.29, 1.82) is 0 Å². The third-order valence-corrected chi connectivity index (χ3v) is 6.70. The Morgan fingerprint density at radius 2 is 1.75 bits per heavy atom. The summed E-state index contributed by atoms with van der Waals surface area (Å²) in [5.74, 6) is 0.324. The summed E-state index contributed by atoms with van der Waals surface area (Å²) in [6.45, 7) is 2.17. The molecule has 0 aliphatic heterocycles. The number of amides is 2. The van der Waals surface area contributed by atoms with Gasteiger partial charge in [-0.15, -0.1) is 0 Å². The maximum absolute atomic E-state index is 13.6. The van der Waals surface area contributed by atoms with Gasteiger partial charge in [-0.1, -0.05) is 80.8 Å². The van der Waals surface area contributed by atoms with Crippen molar-refractivity contribution < 1.29 is 14.3 Å². The molecule has 7 heteroatoms. The first-order chi connectivity index (χ1) is 17.6. The molecule has 1 saturated carbocycles. The summed E-state index contributed by atoms with van der Waals surface area (Å²) in [6, 6.07) is 18.7. The van der Waals surface area contributed by atoms with Gasteiger partial charge in [0.05, 0.1) is 12.8 Å². The first kappa shape index (κ1) is 25.4. The van der Waals surface area contributed by atoms with Crippen molar-refractivity contribution in [2.24, 2.45) is 0 Å². The molecule has 36 heavy (non-hydrogen) atoms. The summed E-state index contributed by atoms with van der Waals surface area (Å²) in [4.78, 5) is 36.9. The second-order valence-electron chi connectivity index (χ2n) is 9.17. The predicted octanol–water partition coefficient (Wildman–Crippen LogP) is 5.08. The SMILES string of the molecule is CCC(=O)N(Cc1ccc(-c2cc(OC)ncn2)cc1)C(C(=O)NC1CCCCC1)c1ccccc1. The average molecular weight is 487 g/mol. The molecule has 1 aliphatic carbocycles. The van der Waals surface area contributed by atoms with Crippen LogP contribution in [-0.2, 0) is 16.1 Å². The summed E-state index contributed by atoms with van der Waals surface area (Å²) in [5, 5.41) is 3.25. The van der Waals surface area contributed by atoms with Crippen molar-refractivity contribution in [1.82, 2.24) is 20.2 Å². The Kier molecular flexibility index (Phi) is 8.66. The molecule has 0 radical (unpaired) electrons. The fourth-order valence-electron chi connectivity index (χ4n) is 4.75. The normalized spacial score (nSPS) is 14.6. The molecule has 1 N–H and O–H groups in total. The highest BCUT2D eigenvalue weighted by Crippen LogP contribution is 2.27. The maximum Gasteiger partial charge on any atom is 0.247 e. The van der Waals surface area contributed by atoms with Gasteiger partial charge in [-0.3, -0.25) is 9.59 Å². The molecule has 1 unspecified atom stereocenters. The quantitative estimate of drug-likeness (QED) is 0.456. The number of ether oxygens (including phenoxy) is 1. The van der Waals surface area contributed by atoms with E-state index >= 15 is 0 Å². The van der Waals surface area contributed by atoms with E-state index in [0.29, 0.717) is 18.8 Å². The summed E-state index contributed by atoms with van der Waals surface area (Å²) in [7, 11) is 1.57. The van der Waals surface area contributed by atoms with Crippen LogP contribution in [0.3, 0.4) is 0 Å². The van der Waals surface area contributed by atoms with E-state index in [1.807, 2.05) is 61.5 Å². The molecule has 4 rings (SSSR count). The molecular weight excluding hydrogens is 452 g/mol. The lowest BCUT2D eigenvalue weighted by atomic mass is 9.94. The van der Waals surface area contributed by atoms with Gasteiger partial charge in [0.1, 0.15) is 12.4 Å². The lowest BCUT2D eigenvalue weighted by Crippen LogP contribution is -2.46. The summed E-state index contributed by atoms with van der Waals surface area (Å²) in [5.41, 5.74) is 3.43. The van der Waals surface area contributed by atoms with Gasteiger partial charge in [0, 0.05) is 30.6 Å². The summed E-state index contributed by atoms with van der Waals surface area (Å²) in [6.07, 6.45) is 7.24. The fraction of sp³-hybridized carbons (Fsp3) is 0.379. The maximum atomic E-state index is 13.6. The molecule has 3 aromatic rings. The molecule has 2 amide bonds. The zero-order valence-corrected chi connectivity index (χ0v) is 21.0. The van der Waals surface area contributed by atoms with Crippen molar-refractivity contribution in [3.8, 4) is 17.1 Å². The van der Waals surface area contributed by atoms with Gasteiger partial charge in [0.2, 0.25) is 17.7 Å². The van der Waals surface area contributed by atoms with Crippen molar-refractivity contribution >= 4 is 11.8 Å². The Hall–Kier alpha value is -3.74. The van der Waals surface area contributed by atoms with Crippen LogP contribution in [0.1, 0.15) is 62.6 Å². The molecule has 7 nitrogen and oxygen atoms in total. The third-order valence-electron chi connectivity index (χ3n) is 6.70. The second kappa shape index (κ2) is 12.3. The zero-order valence-electron chi connectivity index (χ0n) is 21.0. The molecule has 1 aromatic heterocycles. The standard InChI is InChI=1S/C29H34N4O3/c1-3-27(34)33(19-21-14-16-22(17-15-21)25-18-26(36-2)31-20-30-25)28(23-10-6-4-7-11-23)29(35)32-24-12-8-5-9-13-24/h4,6-7,10-11,14-18,20,24,28H,3,5,8-9,12-13,19H2,1-2H3,(H,32,35). The number of methoxy groups -OCH3 is 1. The van der Waals surface area contributed by atoms with E-state index in [0.717, 1.165) is 48.1 Å². The van der Waals surface area contributed by atoms with E-state index in [9.17, 15) is 9.59 Å². The van der Waals surface area contributed by atoms with Crippen molar-refractivity contribution in [3.63, 3.8) is 0 Å². The van der Waals surface area contributed by atoms with Crippen LogP contribution in [0.15, 0.2) is 67.0 Å². The van der Waals surface area contributed by atoms with Crippen LogP contribution < -0.4 is 10.1 Å². The molecular formula is C29H34N4O3. The number of hydrogen-bond acceptors (Lipinski definition) is 5. The lowest BCUT2D eigenvalue weighted by Gasteiger charge is -2.33. The van der Waals surface area contributed by atoms with Crippen LogP contribution in [0.25, 0.3) is 11.3 Å². The van der Waals surface area contributed by atoms with Gasteiger partial charge in [-0.05, 0) is 24.0 Å². The monoisotopic (exact) mass is 486 g/mol. The number of carbonyl (C=O) groups excluding carboxylic acids is 2. The number of nitrogens with one attached hydrogen (secondary N) is 1. The van der Waals surface area contributed by atoms with Crippen molar-refractivity contribution in [2.45, 2.75) is 64.1 Å². The van der Waals surface area contributed by atoms with Gasteiger partial charge in [-0.2, -0.15) is 0 Å². The Balaban J connectivity index is 1.60. The third kappa shape index (κ3) is 6.27. The van der Waals surface area contributed by atoms with E-state index < -0.39 is 6.04 Å². The van der Waals surface area contributed by atoms with E-state index in [1.165, 1.54) is 12.7 Å².